The fourth-order valence-corrected chi connectivity index (χ4v) is 4.40. The van der Waals surface area contributed by atoms with Gasteiger partial charge in [0.2, 0.25) is 0 Å². The molecule has 9 nitrogen and oxygen atoms in total. The lowest BCUT2D eigenvalue weighted by molar-refractivity contribution is 0.225. The third-order valence-corrected chi connectivity index (χ3v) is 6.05. The predicted molar refractivity (Wildman–Crippen MR) is 106 cm³/mol. The number of aliphatic hydroxyl groups is 2. The molecule has 2 aromatic rings. The van der Waals surface area contributed by atoms with Gasteiger partial charge in [-0.05, 0) is 50.0 Å². The molecule has 29 heavy (non-hydrogen) atoms. The van der Waals surface area contributed by atoms with E-state index in [4.69, 9.17) is 10.9 Å². The van der Waals surface area contributed by atoms with Gasteiger partial charge in [-0.1, -0.05) is 0 Å². The number of nitrogens with zero attached hydrogens (tertiary/aromatic N) is 4. The number of aromatic nitrogens is 3. The van der Waals surface area contributed by atoms with Crippen LogP contribution in [0, 0.1) is 17.7 Å². The van der Waals surface area contributed by atoms with Crippen molar-refractivity contribution < 1.29 is 14.6 Å². The van der Waals surface area contributed by atoms with Gasteiger partial charge in [-0.3, -0.25) is 9.36 Å². The van der Waals surface area contributed by atoms with Gasteiger partial charge in [-0.25, -0.2) is 14.2 Å². The van der Waals surface area contributed by atoms with Crippen LogP contribution in [0.25, 0.3) is 11.0 Å². The summed E-state index contributed by atoms with van der Waals surface area (Å²) in [6, 6.07) is 1.04. The Kier molecular flexibility index (Phi) is 5.30. The molecule has 2 fully saturated rings. The van der Waals surface area contributed by atoms with Gasteiger partial charge in [0, 0.05) is 32.3 Å². The molecule has 1 saturated heterocycles. The van der Waals surface area contributed by atoms with Gasteiger partial charge in [0.25, 0.3) is 5.56 Å². The Bertz CT molecular complexity index is 1030. The molecule has 1 aliphatic heterocycles. The van der Waals surface area contributed by atoms with Crippen LogP contribution in [0.3, 0.4) is 0 Å². The van der Waals surface area contributed by atoms with Crippen molar-refractivity contribution in [2.24, 2.45) is 11.8 Å². The number of halogens is 1. The highest BCUT2D eigenvalue weighted by atomic mass is 19.1. The molecule has 4 N–H and O–H groups in total. The minimum atomic E-state index is -0.764. The molecule has 0 aromatic carbocycles. The summed E-state index contributed by atoms with van der Waals surface area (Å²) in [4.78, 5) is 31.1. The maximum atomic E-state index is 15.0. The second-order valence-corrected chi connectivity index (χ2v) is 8.03. The fraction of sp³-hybridized carbons (Fsp3) is 0.632. The molecule has 2 aromatic heterocycles. The number of anilines is 1. The van der Waals surface area contributed by atoms with Gasteiger partial charge >= 0.3 is 5.69 Å². The van der Waals surface area contributed by atoms with Crippen LogP contribution >= 0.6 is 0 Å². The lowest BCUT2D eigenvalue weighted by Gasteiger charge is -2.20. The summed E-state index contributed by atoms with van der Waals surface area (Å²) in [6.07, 6.45) is 3.58. The van der Waals surface area contributed by atoms with Crippen molar-refractivity contribution in [1.29, 1.82) is 0 Å². The molecule has 0 spiro atoms. The van der Waals surface area contributed by atoms with Crippen molar-refractivity contribution in [3.8, 4) is 0 Å². The van der Waals surface area contributed by atoms with E-state index < -0.39 is 17.1 Å². The number of rotatable bonds is 7. The third kappa shape index (κ3) is 3.51. The molecule has 0 bridgehead atoms. The largest absolute Gasteiger partial charge is 0.396 e. The number of hydrogen-bond donors (Lipinski definition) is 3. The lowest BCUT2D eigenvalue weighted by Crippen LogP contribution is -2.45. The third-order valence-electron chi connectivity index (χ3n) is 6.05. The van der Waals surface area contributed by atoms with Crippen molar-refractivity contribution >= 4 is 16.9 Å². The van der Waals surface area contributed by atoms with Crippen LogP contribution in [0.5, 0.6) is 0 Å². The van der Waals surface area contributed by atoms with Crippen LogP contribution in [-0.2, 0) is 0 Å². The Morgan fingerprint density at radius 1 is 1.14 bits per heavy atom. The highest BCUT2D eigenvalue weighted by molar-refractivity contribution is 5.77. The van der Waals surface area contributed by atoms with Crippen LogP contribution in [0.1, 0.15) is 38.1 Å². The molecule has 158 valence electrons. The first-order valence-corrected chi connectivity index (χ1v) is 10.1. The molecule has 1 saturated carbocycles. The molecule has 0 unspecified atom stereocenters. The zero-order valence-corrected chi connectivity index (χ0v) is 16.1. The van der Waals surface area contributed by atoms with Gasteiger partial charge in [0.05, 0.1) is 5.39 Å². The molecule has 2 atom stereocenters. The Labute approximate surface area is 166 Å². The summed E-state index contributed by atoms with van der Waals surface area (Å²) in [5, 5.41) is 18.5. The highest BCUT2D eigenvalue weighted by Gasteiger charge is 2.35. The molecular weight excluding hydrogens is 381 g/mol. The molecule has 1 aliphatic carbocycles. The Balaban J connectivity index is 1.77. The van der Waals surface area contributed by atoms with Gasteiger partial charge in [-0.2, -0.15) is 4.68 Å². The fourth-order valence-electron chi connectivity index (χ4n) is 4.40. The van der Waals surface area contributed by atoms with Crippen LogP contribution in [0.2, 0.25) is 0 Å². The van der Waals surface area contributed by atoms with E-state index in [0.717, 1.165) is 25.3 Å². The van der Waals surface area contributed by atoms with E-state index in [1.807, 2.05) is 4.90 Å². The maximum absolute atomic E-state index is 15.0. The monoisotopic (exact) mass is 407 g/mol. The summed E-state index contributed by atoms with van der Waals surface area (Å²) < 4.78 is 16.9. The first kappa shape index (κ1) is 19.8. The van der Waals surface area contributed by atoms with Crippen molar-refractivity contribution in [3.05, 3.63) is 32.7 Å². The number of pyridine rings is 1. The van der Waals surface area contributed by atoms with Gasteiger partial charge in [-0.15, -0.1) is 0 Å². The molecule has 0 radical (unpaired) electrons. The van der Waals surface area contributed by atoms with Crippen molar-refractivity contribution in [2.45, 2.75) is 38.1 Å². The normalized spacial score (nSPS) is 22.0. The van der Waals surface area contributed by atoms with E-state index >= 15 is 0 Å². The summed E-state index contributed by atoms with van der Waals surface area (Å²) in [6.45, 7) is 1.19. The summed E-state index contributed by atoms with van der Waals surface area (Å²) in [5.41, 5.74) is -1.24. The predicted octanol–water partition coefficient (Wildman–Crippen LogP) is -0.0467. The van der Waals surface area contributed by atoms with E-state index in [1.54, 1.807) is 0 Å². The SMILES string of the molecule is Nn1c(=O)c2cc(F)c(N3C[C@@H](CCCO)[C@@H](CCO)C3)nc2n(C2CC2)c1=O. The van der Waals surface area contributed by atoms with E-state index in [1.165, 1.54) is 4.57 Å². The summed E-state index contributed by atoms with van der Waals surface area (Å²) in [5.74, 6) is 5.44. The number of aliphatic hydroxyl groups excluding tert-OH is 2. The summed E-state index contributed by atoms with van der Waals surface area (Å²) in [7, 11) is 0. The number of fused-ring (bicyclic) bond motifs is 1. The second kappa shape index (κ2) is 7.75. The Morgan fingerprint density at radius 2 is 1.83 bits per heavy atom. The average molecular weight is 407 g/mol. The van der Waals surface area contributed by atoms with E-state index in [-0.39, 0.29) is 47.9 Å². The smallest absolute Gasteiger partial charge is 0.351 e. The minimum absolute atomic E-state index is 0.0109. The average Bonchev–Trinajstić information content (AvgIpc) is 3.46. The minimum Gasteiger partial charge on any atom is -0.396 e. The molecule has 10 heteroatoms. The Morgan fingerprint density at radius 3 is 2.45 bits per heavy atom. The topological polar surface area (TPSA) is 127 Å². The van der Waals surface area contributed by atoms with Crippen molar-refractivity contribution in [3.63, 3.8) is 0 Å². The van der Waals surface area contributed by atoms with Crippen LogP contribution in [0.15, 0.2) is 15.7 Å². The van der Waals surface area contributed by atoms with E-state index in [9.17, 15) is 19.1 Å². The van der Waals surface area contributed by atoms with Gasteiger partial charge in [0.1, 0.15) is 0 Å². The number of nitrogen functional groups attached to an aromatic ring is 1. The number of nitrogens with two attached hydrogens (primary N) is 1. The van der Waals surface area contributed by atoms with Crippen LogP contribution < -0.4 is 22.0 Å². The van der Waals surface area contributed by atoms with Crippen molar-refractivity contribution in [1.82, 2.24) is 14.2 Å². The standard InChI is InChI=1S/C19H26FN5O4/c20-15-8-14-16(24(13-3-4-13)19(29)25(21)18(14)28)22-17(15)23-9-11(2-1-6-26)12(10-23)5-7-27/h8,11-13,26-27H,1-7,9-10,21H2/t11-,12+/m1/s1. The van der Waals surface area contributed by atoms with Crippen LogP contribution in [0.4, 0.5) is 10.2 Å². The molecule has 2 aliphatic rings. The van der Waals surface area contributed by atoms with Crippen molar-refractivity contribution in [2.75, 3.05) is 37.0 Å². The van der Waals surface area contributed by atoms with Crippen LogP contribution in [-0.4, -0.2) is 50.7 Å². The molecule has 4 rings (SSSR count). The molecule has 0 amide bonds. The zero-order chi connectivity index (χ0) is 20.7. The zero-order valence-electron chi connectivity index (χ0n) is 16.1. The van der Waals surface area contributed by atoms with E-state index in [2.05, 4.69) is 4.98 Å². The molecular formula is C19H26FN5O4. The first-order chi connectivity index (χ1) is 14.0. The quantitative estimate of drug-likeness (QED) is 0.550. The molecule has 3 heterocycles. The highest BCUT2D eigenvalue weighted by Crippen LogP contribution is 2.37. The van der Waals surface area contributed by atoms with Gasteiger partial charge in [0.15, 0.2) is 17.3 Å². The Hall–Kier alpha value is -2.46. The lowest BCUT2D eigenvalue weighted by atomic mass is 9.89. The summed E-state index contributed by atoms with van der Waals surface area (Å²) >= 11 is 0. The second-order valence-electron chi connectivity index (χ2n) is 8.03. The van der Waals surface area contributed by atoms with E-state index in [0.29, 0.717) is 30.6 Å². The first-order valence-electron chi connectivity index (χ1n) is 10.1. The maximum Gasteiger partial charge on any atom is 0.351 e. The number of hydrogen-bond acceptors (Lipinski definition) is 7. The van der Waals surface area contributed by atoms with Gasteiger partial charge < -0.3 is 21.0 Å².